The van der Waals surface area contributed by atoms with E-state index in [1.807, 2.05) is 36.4 Å². The molecule has 20 heavy (non-hydrogen) atoms. The average Bonchev–Trinajstić information content (AvgIpc) is 3.01. The maximum atomic E-state index is 6.18. The van der Waals surface area contributed by atoms with Gasteiger partial charge in [-0.3, -0.25) is 0 Å². The summed E-state index contributed by atoms with van der Waals surface area (Å²) in [4.78, 5) is 4.22. The summed E-state index contributed by atoms with van der Waals surface area (Å²) in [5.74, 6) is 0.766. The Morgan fingerprint density at radius 2 is 2.15 bits per heavy atom. The SMILES string of the molecule is Clc1ncc(OCC2CCCN2)cc1-c1ccccc1. The molecule has 1 N–H and O–H groups in total. The number of halogens is 1. The minimum atomic E-state index is 0.450. The van der Waals surface area contributed by atoms with Crippen molar-refractivity contribution in [1.82, 2.24) is 10.3 Å². The van der Waals surface area contributed by atoms with Crippen LogP contribution in [0, 0.1) is 0 Å². The molecular formula is C16H17ClN2O. The second-order valence-corrected chi connectivity index (χ2v) is 5.34. The first-order valence-electron chi connectivity index (χ1n) is 6.90. The van der Waals surface area contributed by atoms with Crippen LogP contribution in [0.3, 0.4) is 0 Å². The van der Waals surface area contributed by atoms with Crippen LogP contribution in [0.5, 0.6) is 5.75 Å². The van der Waals surface area contributed by atoms with Crippen LogP contribution in [-0.2, 0) is 0 Å². The summed E-state index contributed by atoms with van der Waals surface area (Å²) in [5.41, 5.74) is 1.96. The molecule has 1 fully saturated rings. The molecule has 0 radical (unpaired) electrons. The Hall–Kier alpha value is -1.58. The summed E-state index contributed by atoms with van der Waals surface area (Å²) >= 11 is 6.18. The average molecular weight is 289 g/mol. The lowest BCUT2D eigenvalue weighted by atomic mass is 10.1. The van der Waals surface area contributed by atoms with Crippen LogP contribution in [0.1, 0.15) is 12.8 Å². The van der Waals surface area contributed by atoms with Gasteiger partial charge in [0.25, 0.3) is 0 Å². The highest BCUT2D eigenvalue weighted by Gasteiger charge is 2.15. The first-order valence-corrected chi connectivity index (χ1v) is 7.28. The second kappa shape index (κ2) is 6.25. The second-order valence-electron chi connectivity index (χ2n) is 4.98. The minimum Gasteiger partial charge on any atom is -0.490 e. The fraction of sp³-hybridized carbons (Fsp3) is 0.312. The number of benzene rings is 1. The van der Waals surface area contributed by atoms with Gasteiger partial charge < -0.3 is 10.1 Å². The van der Waals surface area contributed by atoms with Crippen molar-refractivity contribution >= 4 is 11.6 Å². The highest BCUT2D eigenvalue weighted by molar-refractivity contribution is 6.32. The van der Waals surface area contributed by atoms with Crippen LogP contribution in [0.2, 0.25) is 5.15 Å². The van der Waals surface area contributed by atoms with E-state index in [2.05, 4.69) is 10.3 Å². The van der Waals surface area contributed by atoms with Gasteiger partial charge in [0.1, 0.15) is 17.5 Å². The standard InChI is InChI=1S/C16H17ClN2O/c17-16-15(12-5-2-1-3-6-12)9-14(10-19-16)20-11-13-7-4-8-18-13/h1-3,5-6,9-10,13,18H,4,7-8,11H2. The maximum absolute atomic E-state index is 6.18. The lowest BCUT2D eigenvalue weighted by Crippen LogP contribution is -2.28. The number of aromatic nitrogens is 1. The first-order chi connectivity index (χ1) is 9.83. The van der Waals surface area contributed by atoms with Crippen LogP contribution in [0.15, 0.2) is 42.6 Å². The lowest BCUT2D eigenvalue weighted by Gasteiger charge is -2.13. The van der Waals surface area contributed by atoms with E-state index in [9.17, 15) is 0 Å². The van der Waals surface area contributed by atoms with Gasteiger partial charge in [0.2, 0.25) is 0 Å². The predicted molar refractivity (Wildman–Crippen MR) is 81.2 cm³/mol. The van der Waals surface area contributed by atoms with E-state index in [0.29, 0.717) is 17.8 Å². The minimum absolute atomic E-state index is 0.450. The molecule has 3 nitrogen and oxygen atoms in total. The fourth-order valence-corrected chi connectivity index (χ4v) is 2.64. The quantitative estimate of drug-likeness (QED) is 0.874. The topological polar surface area (TPSA) is 34.1 Å². The summed E-state index contributed by atoms with van der Waals surface area (Å²) in [5, 5.41) is 3.92. The number of pyridine rings is 1. The van der Waals surface area contributed by atoms with Crippen LogP contribution in [-0.4, -0.2) is 24.2 Å². The zero-order valence-electron chi connectivity index (χ0n) is 11.2. The molecule has 1 aromatic carbocycles. The van der Waals surface area contributed by atoms with Crippen molar-refractivity contribution in [1.29, 1.82) is 0 Å². The van der Waals surface area contributed by atoms with Gasteiger partial charge in [-0.05, 0) is 31.0 Å². The molecule has 104 valence electrons. The van der Waals surface area contributed by atoms with Gasteiger partial charge in [0.15, 0.2) is 0 Å². The number of rotatable bonds is 4. The zero-order valence-corrected chi connectivity index (χ0v) is 11.9. The summed E-state index contributed by atoms with van der Waals surface area (Å²) in [7, 11) is 0. The Morgan fingerprint density at radius 3 is 2.90 bits per heavy atom. The third-order valence-electron chi connectivity index (χ3n) is 3.51. The fourth-order valence-electron chi connectivity index (χ4n) is 2.42. The maximum Gasteiger partial charge on any atom is 0.138 e. The van der Waals surface area contributed by atoms with Gasteiger partial charge in [-0.2, -0.15) is 0 Å². The van der Waals surface area contributed by atoms with E-state index >= 15 is 0 Å². The highest BCUT2D eigenvalue weighted by Crippen LogP contribution is 2.29. The Kier molecular flexibility index (Phi) is 4.19. The number of hydrogen-bond acceptors (Lipinski definition) is 3. The van der Waals surface area contributed by atoms with Crippen molar-refractivity contribution in [3.05, 3.63) is 47.7 Å². The molecule has 1 aliphatic rings. The molecule has 3 rings (SSSR count). The molecule has 1 saturated heterocycles. The van der Waals surface area contributed by atoms with Crippen molar-refractivity contribution in [2.75, 3.05) is 13.2 Å². The molecular weight excluding hydrogens is 272 g/mol. The summed E-state index contributed by atoms with van der Waals surface area (Å²) in [6.07, 6.45) is 4.08. The Balaban J connectivity index is 1.76. The van der Waals surface area contributed by atoms with E-state index in [1.165, 1.54) is 12.8 Å². The molecule has 1 unspecified atom stereocenters. The van der Waals surface area contributed by atoms with Crippen LogP contribution in [0.4, 0.5) is 0 Å². The van der Waals surface area contributed by atoms with Gasteiger partial charge in [0.05, 0.1) is 6.20 Å². The third-order valence-corrected chi connectivity index (χ3v) is 3.81. The number of nitrogens with one attached hydrogen (secondary N) is 1. The van der Waals surface area contributed by atoms with Crippen molar-refractivity contribution in [3.63, 3.8) is 0 Å². The Morgan fingerprint density at radius 1 is 1.30 bits per heavy atom. The molecule has 2 aromatic rings. The third kappa shape index (κ3) is 3.11. The normalized spacial score (nSPS) is 18.1. The van der Waals surface area contributed by atoms with Crippen molar-refractivity contribution in [2.24, 2.45) is 0 Å². The van der Waals surface area contributed by atoms with Crippen molar-refractivity contribution < 1.29 is 4.74 Å². The van der Waals surface area contributed by atoms with Gasteiger partial charge >= 0.3 is 0 Å². The summed E-state index contributed by atoms with van der Waals surface area (Å²) < 4.78 is 5.82. The monoisotopic (exact) mass is 288 g/mol. The molecule has 0 saturated carbocycles. The molecule has 2 heterocycles. The van der Waals surface area contributed by atoms with Crippen molar-refractivity contribution in [2.45, 2.75) is 18.9 Å². The first kappa shape index (κ1) is 13.4. The van der Waals surface area contributed by atoms with E-state index in [-0.39, 0.29) is 0 Å². The van der Waals surface area contributed by atoms with Gasteiger partial charge in [-0.15, -0.1) is 0 Å². The summed E-state index contributed by atoms with van der Waals surface area (Å²) in [6, 6.07) is 12.4. The van der Waals surface area contributed by atoms with Crippen LogP contribution < -0.4 is 10.1 Å². The van der Waals surface area contributed by atoms with Crippen LogP contribution >= 0.6 is 11.6 Å². The van der Waals surface area contributed by atoms with E-state index in [4.69, 9.17) is 16.3 Å². The predicted octanol–water partition coefficient (Wildman–Crippen LogP) is 3.53. The highest BCUT2D eigenvalue weighted by atomic mass is 35.5. The van der Waals surface area contributed by atoms with Crippen LogP contribution in [0.25, 0.3) is 11.1 Å². The number of hydrogen-bond donors (Lipinski definition) is 1. The van der Waals surface area contributed by atoms with Gasteiger partial charge in [0, 0.05) is 11.6 Å². The van der Waals surface area contributed by atoms with E-state index in [1.54, 1.807) is 6.20 Å². The van der Waals surface area contributed by atoms with Crippen molar-refractivity contribution in [3.8, 4) is 16.9 Å². The van der Waals surface area contributed by atoms with E-state index < -0.39 is 0 Å². The number of nitrogens with zero attached hydrogens (tertiary/aromatic N) is 1. The lowest BCUT2D eigenvalue weighted by molar-refractivity contribution is 0.276. The smallest absolute Gasteiger partial charge is 0.138 e. The van der Waals surface area contributed by atoms with E-state index in [0.717, 1.165) is 23.4 Å². The molecule has 0 amide bonds. The molecule has 0 aliphatic carbocycles. The van der Waals surface area contributed by atoms with Gasteiger partial charge in [-0.1, -0.05) is 41.9 Å². The molecule has 0 spiro atoms. The summed E-state index contributed by atoms with van der Waals surface area (Å²) in [6.45, 7) is 1.76. The number of ether oxygens (including phenoxy) is 1. The molecule has 0 bridgehead atoms. The molecule has 1 aliphatic heterocycles. The molecule has 1 atom stereocenters. The molecule has 1 aromatic heterocycles. The Bertz CT molecular complexity index is 568. The largest absolute Gasteiger partial charge is 0.490 e. The van der Waals surface area contributed by atoms with Gasteiger partial charge in [-0.25, -0.2) is 4.98 Å². The molecule has 4 heteroatoms. The Labute approximate surface area is 123 Å². The zero-order chi connectivity index (χ0) is 13.8.